The van der Waals surface area contributed by atoms with E-state index in [2.05, 4.69) is 39.2 Å². The average Bonchev–Trinajstić information content (AvgIpc) is 2.63. The van der Waals surface area contributed by atoms with Crippen molar-refractivity contribution in [1.82, 2.24) is 15.0 Å². The van der Waals surface area contributed by atoms with Gasteiger partial charge in [-0.2, -0.15) is 0 Å². The molecule has 3 rings (SSSR count). The SMILES string of the molecule is C#Cc1cnc(CCCc2ccncc2C)nc1N[C@@H]1C[C@H](O)C1(C)C. The summed E-state index contributed by atoms with van der Waals surface area (Å²) in [5, 5.41) is 13.3. The number of nitrogens with one attached hydrogen (secondary N) is 1. The molecule has 0 aromatic carbocycles. The number of rotatable bonds is 6. The molecule has 2 heterocycles. The molecule has 1 saturated carbocycles. The maximum Gasteiger partial charge on any atom is 0.145 e. The van der Waals surface area contributed by atoms with Gasteiger partial charge >= 0.3 is 0 Å². The number of aliphatic hydroxyl groups is 1. The molecule has 0 amide bonds. The Bertz CT molecular complexity index is 825. The van der Waals surface area contributed by atoms with Gasteiger partial charge in [-0.3, -0.25) is 4.98 Å². The zero-order valence-electron chi connectivity index (χ0n) is 15.7. The van der Waals surface area contributed by atoms with Crippen LogP contribution in [0.4, 0.5) is 5.82 Å². The summed E-state index contributed by atoms with van der Waals surface area (Å²) >= 11 is 0. The summed E-state index contributed by atoms with van der Waals surface area (Å²) in [5.41, 5.74) is 3.00. The first-order valence-electron chi connectivity index (χ1n) is 9.08. The van der Waals surface area contributed by atoms with Crippen LogP contribution in [-0.4, -0.2) is 32.2 Å². The highest BCUT2D eigenvalue weighted by Gasteiger charge is 2.47. The molecule has 5 nitrogen and oxygen atoms in total. The van der Waals surface area contributed by atoms with Crippen LogP contribution in [0, 0.1) is 24.7 Å². The summed E-state index contributed by atoms with van der Waals surface area (Å²) in [4.78, 5) is 13.2. The molecule has 26 heavy (non-hydrogen) atoms. The van der Waals surface area contributed by atoms with Gasteiger partial charge in [-0.05, 0) is 43.4 Å². The van der Waals surface area contributed by atoms with E-state index in [4.69, 9.17) is 6.42 Å². The van der Waals surface area contributed by atoms with E-state index in [0.29, 0.717) is 17.8 Å². The van der Waals surface area contributed by atoms with E-state index >= 15 is 0 Å². The highest BCUT2D eigenvalue weighted by atomic mass is 16.3. The number of terminal acetylenes is 1. The molecule has 2 aromatic heterocycles. The molecular weight excluding hydrogens is 324 g/mol. The number of hydrogen-bond acceptors (Lipinski definition) is 5. The van der Waals surface area contributed by atoms with Crippen LogP contribution in [0.15, 0.2) is 24.7 Å². The quantitative estimate of drug-likeness (QED) is 0.784. The molecule has 1 aliphatic carbocycles. The van der Waals surface area contributed by atoms with Gasteiger partial charge < -0.3 is 10.4 Å². The van der Waals surface area contributed by atoms with Crippen molar-refractivity contribution in [2.75, 3.05) is 5.32 Å². The molecule has 0 radical (unpaired) electrons. The van der Waals surface area contributed by atoms with E-state index in [-0.39, 0.29) is 17.6 Å². The van der Waals surface area contributed by atoms with Gasteiger partial charge in [-0.25, -0.2) is 9.97 Å². The van der Waals surface area contributed by atoms with Crippen molar-refractivity contribution in [3.8, 4) is 12.3 Å². The van der Waals surface area contributed by atoms with Crippen molar-refractivity contribution in [1.29, 1.82) is 0 Å². The minimum Gasteiger partial charge on any atom is -0.392 e. The van der Waals surface area contributed by atoms with Crippen LogP contribution >= 0.6 is 0 Å². The smallest absolute Gasteiger partial charge is 0.145 e. The number of aryl methyl sites for hydroxylation is 3. The lowest BCUT2D eigenvalue weighted by molar-refractivity contribution is -0.0511. The molecule has 1 fully saturated rings. The van der Waals surface area contributed by atoms with Gasteiger partial charge in [-0.15, -0.1) is 6.42 Å². The van der Waals surface area contributed by atoms with E-state index in [1.807, 2.05) is 26.2 Å². The normalized spacial score (nSPS) is 20.9. The van der Waals surface area contributed by atoms with E-state index < -0.39 is 0 Å². The van der Waals surface area contributed by atoms with Crippen molar-refractivity contribution in [3.05, 3.63) is 47.2 Å². The summed E-state index contributed by atoms with van der Waals surface area (Å²) in [6.07, 6.45) is 14.2. The van der Waals surface area contributed by atoms with Crippen molar-refractivity contribution < 1.29 is 5.11 Å². The largest absolute Gasteiger partial charge is 0.392 e. The fourth-order valence-corrected chi connectivity index (χ4v) is 3.29. The van der Waals surface area contributed by atoms with Gasteiger partial charge in [-0.1, -0.05) is 19.8 Å². The molecule has 5 heteroatoms. The molecule has 1 aliphatic rings. The average molecular weight is 350 g/mol. The Labute approximate surface area is 155 Å². The maximum atomic E-state index is 9.93. The third-order valence-corrected chi connectivity index (χ3v) is 5.50. The zero-order valence-corrected chi connectivity index (χ0v) is 15.7. The van der Waals surface area contributed by atoms with Crippen molar-refractivity contribution in [3.63, 3.8) is 0 Å². The Morgan fingerprint density at radius 1 is 1.35 bits per heavy atom. The molecule has 0 saturated heterocycles. The first-order valence-corrected chi connectivity index (χ1v) is 9.08. The summed E-state index contributed by atoms with van der Waals surface area (Å²) in [5.74, 6) is 4.13. The van der Waals surface area contributed by atoms with Crippen LogP contribution in [0.2, 0.25) is 0 Å². The molecular formula is C21H26N4O. The molecule has 0 unspecified atom stereocenters. The van der Waals surface area contributed by atoms with Gasteiger partial charge in [0.25, 0.3) is 0 Å². The summed E-state index contributed by atoms with van der Waals surface area (Å²) in [7, 11) is 0. The Kier molecular flexibility index (Phi) is 5.24. The Balaban J connectivity index is 1.66. The number of aliphatic hydroxyl groups excluding tert-OH is 1. The predicted octanol–water partition coefficient (Wildman–Crippen LogP) is 2.91. The van der Waals surface area contributed by atoms with Crippen molar-refractivity contribution >= 4 is 5.82 Å². The summed E-state index contributed by atoms with van der Waals surface area (Å²) < 4.78 is 0. The van der Waals surface area contributed by atoms with Crippen LogP contribution < -0.4 is 5.32 Å². The van der Waals surface area contributed by atoms with Gasteiger partial charge in [0.1, 0.15) is 11.6 Å². The number of hydrogen-bond donors (Lipinski definition) is 2. The van der Waals surface area contributed by atoms with E-state index in [1.165, 1.54) is 11.1 Å². The minimum absolute atomic E-state index is 0.159. The summed E-state index contributed by atoms with van der Waals surface area (Å²) in [6, 6.07) is 2.22. The topological polar surface area (TPSA) is 70.9 Å². The van der Waals surface area contributed by atoms with Crippen LogP contribution in [0.5, 0.6) is 0 Å². The lowest BCUT2D eigenvalue weighted by Gasteiger charge is -2.49. The Morgan fingerprint density at radius 2 is 2.15 bits per heavy atom. The molecule has 0 aliphatic heterocycles. The van der Waals surface area contributed by atoms with Crippen LogP contribution in [0.3, 0.4) is 0 Å². The minimum atomic E-state index is -0.292. The second kappa shape index (κ2) is 7.43. The molecule has 2 aromatic rings. The number of aromatic nitrogens is 3. The van der Waals surface area contributed by atoms with Gasteiger partial charge in [0.2, 0.25) is 0 Å². The fraction of sp³-hybridized carbons (Fsp3) is 0.476. The van der Waals surface area contributed by atoms with Crippen LogP contribution in [0.1, 0.15) is 49.2 Å². The van der Waals surface area contributed by atoms with E-state index in [0.717, 1.165) is 25.1 Å². The molecule has 2 atom stereocenters. The highest BCUT2D eigenvalue weighted by Crippen LogP contribution is 2.42. The Hall–Kier alpha value is -2.45. The first kappa shape index (κ1) is 18.3. The molecule has 0 bridgehead atoms. The third-order valence-electron chi connectivity index (χ3n) is 5.50. The second-order valence-corrected chi connectivity index (χ2v) is 7.62. The van der Waals surface area contributed by atoms with Crippen LogP contribution in [-0.2, 0) is 12.8 Å². The highest BCUT2D eigenvalue weighted by molar-refractivity contribution is 5.53. The zero-order chi connectivity index (χ0) is 18.7. The van der Waals surface area contributed by atoms with E-state index in [9.17, 15) is 5.11 Å². The second-order valence-electron chi connectivity index (χ2n) is 7.62. The first-order chi connectivity index (χ1) is 12.4. The number of anilines is 1. The maximum absolute atomic E-state index is 9.93. The van der Waals surface area contributed by atoms with Gasteiger partial charge in [0, 0.05) is 36.5 Å². The van der Waals surface area contributed by atoms with Crippen molar-refractivity contribution in [2.24, 2.45) is 5.41 Å². The molecule has 0 spiro atoms. The Morgan fingerprint density at radius 3 is 2.81 bits per heavy atom. The molecule has 136 valence electrons. The monoisotopic (exact) mass is 350 g/mol. The number of pyridine rings is 1. The standard InChI is InChI=1S/C21H26N4O/c1-5-15-13-23-19(8-6-7-16-9-10-22-12-14(16)2)25-20(15)24-17-11-18(26)21(17,3)4/h1,9-10,12-13,17-18,26H,6-8,11H2,2-4H3,(H,23,24,25)/t17-,18+/m1/s1. The summed E-state index contributed by atoms with van der Waals surface area (Å²) in [6.45, 7) is 6.18. The van der Waals surface area contributed by atoms with Gasteiger partial charge in [0.15, 0.2) is 0 Å². The van der Waals surface area contributed by atoms with Gasteiger partial charge in [0.05, 0.1) is 11.7 Å². The van der Waals surface area contributed by atoms with E-state index in [1.54, 1.807) is 6.20 Å². The molecule has 2 N–H and O–H groups in total. The fourth-order valence-electron chi connectivity index (χ4n) is 3.29. The van der Waals surface area contributed by atoms with Crippen molar-refractivity contribution in [2.45, 2.75) is 58.6 Å². The number of nitrogens with zero attached hydrogens (tertiary/aromatic N) is 3. The predicted molar refractivity (Wildman–Crippen MR) is 103 cm³/mol. The van der Waals surface area contributed by atoms with Crippen LogP contribution in [0.25, 0.3) is 0 Å². The third kappa shape index (κ3) is 3.71. The lowest BCUT2D eigenvalue weighted by Crippen LogP contribution is -2.57. The lowest BCUT2D eigenvalue weighted by atomic mass is 9.64.